The molecule has 2 aromatic rings. The average molecular weight is 312 g/mol. The van der Waals surface area contributed by atoms with Crippen LogP contribution >= 0.6 is 0 Å². The molecule has 1 amide bonds. The van der Waals surface area contributed by atoms with Gasteiger partial charge in [-0.2, -0.15) is 0 Å². The largest absolute Gasteiger partial charge is 0.494 e. The van der Waals surface area contributed by atoms with Crippen LogP contribution in [0.15, 0.2) is 59.8 Å². The highest BCUT2D eigenvalue weighted by molar-refractivity contribution is 5.80. The first-order valence-electron chi connectivity index (χ1n) is 7.46. The maximum Gasteiger partial charge on any atom is 0.261 e. The summed E-state index contributed by atoms with van der Waals surface area (Å²) < 4.78 is 5.35. The second-order valence-electron chi connectivity index (χ2n) is 4.77. The van der Waals surface area contributed by atoms with E-state index in [1.165, 1.54) is 0 Å². The Kier molecular flexibility index (Phi) is 6.65. The lowest BCUT2D eigenvalue weighted by Crippen LogP contribution is -2.26. The number of ether oxygens (including phenoxy) is 1. The number of hydrogen-bond acceptors (Lipinski definition) is 4. The molecule has 120 valence electrons. The number of nitrogens with zero attached hydrogens (tertiary/aromatic N) is 1. The van der Waals surface area contributed by atoms with Crippen LogP contribution < -0.4 is 10.1 Å². The summed E-state index contributed by atoms with van der Waals surface area (Å²) in [5, 5.41) is 6.55. The Balaban J connectivity index is 1.68. The first-order chi connectivity index (χ1) is 11.3. The fraction of sp³-hybridized carbons (Fsp3) is 0.222. The first kappa shape index (κ1) is 16.5. The number of nitrogens with one attached hydrogen (secondary N) is 1. The summed E-state index contributed by atoms with van der Waals surface area (Å²) in [6, 6.07) is 17.1. The van der Waals surface area contributed by atoms with Gasteiger partial charge in [0.05, 0.1) is 12.8 Å². The van der Waals surface area contributed by atoms with Crippen LogP contribution in [0.2, 0.25) is 0 Å². The number of amides is 1. The third kappa shape index (κ3) is 6.22. The summed E-state index contributed by atoms with van der Waals surface area (Å²) in [6.45, 7) is 2.94. The van der Waals surface area contributed by atoms with Gasteiger partial charge in [0.2, 0.25) is 0 Å². The summed E-state index contributed by atoms with van der Waals surface area (Å²) in [7, 11) is 0. The van der Waals surface area contributed by atoms with E-state index in [0.717, 1.165) is 16.9 Å². The van der Waals surface area contributed by atoms with Crippen LogP contribution in [-0.4, -0.2) is 25.3 Å². The van der Waals surface area contributed by atoms with E-state index in [2.05, 4.69) is 10.5 Å². The molecule has 0 saturated carbocycles. The molecule has 0 aromatic heterocycles. The SMILES string of the molecule is CCOc1ccc(/C=N\OCC(=O)NCc2ccccc2)cc1. The van der Waals surface area contributed by atoms with E-state index in [1.807, 2.05) is 61.5 Å². The quantitative estimate of drug-likeness (QED) is 0.602. The van der Waals surface area contributed by atoms with E-state index in [-0.39, 0.29) is 12.5 Å². The molecule has 0 aliphatic heterocycles. The highest BCUT2D eigenvalue weighted by atomic mass is 16.6. The lowest BCUT2D eigenvalue weighted by atomic mass is 10.2. The van der Waals surface area contributed by atoms with Gasteiger partial charge in [-0.05, 0) is 42.3 Å². The Labute approximate surface area is 135 Å². The molecule has 0 spiro atoms. The van der Waals surface area contributed by atoms with Gasteiger partial charge in [0.25, 0.3) is 5.91 Å². The highest BCUT2D eigenvalue weighted by Crippen LogP contribution is 2.10. The third-order valence-electron chi connectivity index (χ3n) is 3.00. The summed E-state index contributed by atoms with van der Waals surface area (Å²) in [5.74, 6) is 0.601. The monoisotopic (exact) mass is 312 g/mol. The zero-order valence-electron chi connectivity index (χ0n) is 13.1. The third-order valence-corrected chi connectivity index (χ3v) is 3.00. The van der Waals surface area contributed by atoms with Crippen molar-refractivity contribution in [3.63, 3.8) is 0 Å². The lowest BCUT2D eigenvalue weighted by Gasteiger charge is -2.04. The van der Waals surface area contributed by atoms with E-state index in [0.29, 0.717) is 13.2 Å². The van der Waals surface area contributed by atoms with Crippen LogP contribution in [-0.2, 0) is 16.2 Å². The van der Waals surface area contributed by atoms with Gasteiger partial charge >= 0.3 is 0 Å². The molecule has 23 heavy (non-hydrogen) atoms. The van der Waals surface area contributed by atoms with Gasteiger partial charge in [-0.1, -0.05) is 35.5 Å². The van der Waals surface area contributed by atoms with Crippen molar-refractivity contribution in [3.8, 4) is 5.75 Å². The van der Waals surface area contributed by atoms with E-state index in [9.17, 15) is 4.79 Å². The van der Waals surface area contributed by atoms with Crippen LogP contribution in [0.5, 0.6) is 5.75 Å². The topological polar surface area (TPSA) is 59.9 Å². The second kappa shape index (κ2) is 9.25. The molecule has 0 unspecified atom stereocenters. The standard InChI is InChI=1S/C18H20N2O3/c1-2-22-17-10-8-16(9-11-17)13-20-23-14-18(21)19-12-15-6-4-3-5-7-15/h3-11,13H,2,12,14H2,1H3,(H,19,21)/b20-13-. The Morgan fingerprint density at radius 2 is 1.87 bits per heavy atom. The Morgan fingerprint density at radius 1 is 1.13 bits per heavy atom. The highest BCUT2D eigenvalue weighted by Gasteiger charge is 2.01. The van der Waals surface area contributed by atoms with E-state index >= 15 is 0 Å². The van der Waals surface area contributed by atoms with Crippen molar-refractivity contribution < 1.29 is 14.4 Å². The van der Waals surface area contributed by atoms with Crippen molar-refractivity contribution in [3.05, 3.63) is 65.7 Å². The Bertz CT molecular complexity index is 624. The molecule has 2 aromatic carbocycles. The molecule has 0 aliphatic rings. The van der Waals surface area contributed by atoms with Crippen molar-refractivity contribution in [2.45, 2.75) is 13.5 Å². The maximum absolute atomic E-state index is 11.6. The average Bonchev–Trinajstić information content (AvgIpc) is 2.59. The molecule has 5 heteroatoms. The fourth-order valence-corrected chi connectivity index (χ4v) is 1.86. The van der Waals surface area contributed by atoms with Crippen LogP contribution in [0.4, 0.5) is 0 Å². The van der Waals surface area contributed by atoms with Crippen molar-refractivity contribution in [1.82, 2.24) is 5.32 Å². The Hall–Kier alpha value is -2.82. The predicted molar refractivity (Wildman–Crippen MR) is 89.4 cm³/mol. The van der Waals surface area contributed by atoms with Gasteiger partial charge in [0.1, 0.15) is 5.75 Å². The maximum atomic E-state index is 11.6. The minimum absolute atomic E-state index is 0.111. The first-order valence-corrected chi connectivity index (χ1v) is 7.46. The second-order valence-corrected chi connectivity index (χ2v) is 4.77. The predicted octanol–water partition coefficient (Wildman–Crippen LogP) is 2.75. The van der Waals surface area contributed by atoms with Crippen molar-refractivity contribution in [2.24, 2.45) is 5.16 Å². The smallest absolute Gasteiger partial charge is 0.261 e. The van der Waals surface area contributed by atoms with Crippen LogP contribution in [0.1, 0.15) is 18.1 Å². The van der Waals surface area contributed by atoms with Crippen molar-refractivity contribution in [1.29, 1.82) is 0 Å². The van der Waals surface area contributed by atoms with Gasteiger partial charge in [0, 0.05) is 6.54 Å². The molecule has 0 radical (unpaired) electrons. The van der Waals surface area contributed by atoms with Gasteiger partial charge in [-0.25, -0.2) is 0 Å². The molecule has 0 atom stereocenters. The molecule has 1 N–H and O–H groups in total. The lowest BCUT2D eigenvalue weighted by molar-refractivity contribution is -0.125. The van der Waals surface area contributed by atoms with Gasteiger partial charge in [0.15, 0.2) is 6.61 Å². The summed E-state index contributed by atoms with van der Waals surface area (Å²) in [5.41, 5.74) is 1.91. The summed E-state index contributed by atoms with van der Waals surface area (Å²) in [4.78, 5) is 16.6. The van der Waals surface area contributed by atoms with E-state index in [1.54, 1.807) is 6.21 Å². The van der Waals surface area contributed by atoms with Gasteiger partial charge in [-0.15, -0.1) is 0 Å². The number of oxime groups is 1. The van der Waals surface area contributed by atoms with Gasteiger partial charge in [-0.3, -0.25) is 4.79 Å². The minimum Gasteiger partial charge on any atom is -0.494 e. The number of carbonyl (C=O) groups excluding carboxylic acids is 1. The zero-order valence-corrected chi connectivity index (χ0v) is 13.1. The molecule has 0 bridgehead atoms. The molecule has 0 fully saturated rings. The summed E-state index contributed by atoms with van der Waals surface area (Å²) >= 11 is 0. The van der Waals surface area contributed by atoms with Crippen molar-refractivity contribution >= 4 is 12.1 Å². The normalized spacial score (nSPS) is 10.5. The number of carbonyl (C=O) groups is 1. The molecular weight excluding hydrogens is 292 g/mol. The molecule has 0 heterocycles. The van der Waals surface area contributed by atoms with Crippen molar-refractivity contribution in [2.75, 3.05) is 13.2 Å². The van der Waals surface area contributed by atoms with Crippen LogP contribution in [0, 0.1) is 0 Å². The molecular formula is C18H20N2O3. The zero-order chi connectivity index (χ0) is 16.3. The molecule has 0 aliphatic carbocycles. The van der Waals surface area contributed by atoms with Gasteiger partial charge < -0.3 is 14.9 Å². The molecule has 5 nitrogen and oxygen atoms in total. The van der Waals surface area contributed by atoms with Crippen LogP contribution in [0.3, 0.4) is 0 Å². The Morgan fingerprint density at radius 3 is 2.57 bits per heavy atom. The number of benzene rings is 2. The molecule has 2 rings (SSSR count). The van der Waals surface area contributed by atoms with E-state index in [4.69, 9.17) is 9.57 Å². The van der Waals surface area contributed by atoms with Crippen LogP contribution in [0.25, 0.3) is 0 Å². The summed E-state index contributed by atoms with van der Waals surface area (Å²) in [6.07, 6.45) is 1.56. The number of hydrogen-bond donors (Lipinski definition) is 1. The number of rotatable bonds is 8. The minimum atomic E-state index is -0.210. The van der Waals surface area contributed by atoms with E-state index < -0.39 is 0 Å². The fourth-order valence-electron chi connectivity index (χ4n) is 1.86. The molecule has 0 saturated heterocycles.